The van der Waals surface area contributed by atoms with Crippen molar-refractivity contribution in [2.45, 2.75) is 40.0 Å². The van der Waals surface area contributed by atoms with E-state index in [2.05, 4.69) is 31.4 Å². The van der Waals surface area contributed by atoms with Crippen LogP contribution in [-0.2, 0) is 6.42 Å². The van der Waals surface area contributed by atoms with E-state index in [0.29, 0.717) is 23.2 Å². The van der Waals surface area contributed by atoms with Gasteiger partial charge in [0.2, 0.25) is 5.75 Å². The Labute approximate surface area is 181 Å². The number of aliphatic imine (C=N–C) groups is 1. The Hall–Kier alpha value is -1.38. The zero-order valence-corrected chi connectivity index (χ0v) is 19.9. The molecular weight excluding hydrogens is 457 g/mol. The van der Waals surface area contributed by atoms with Crippen LogP contribution < -0.4 is 24.8 Å². The van der Waals surface area contributed by atoms with Crippen molar-refractivity contribution in [3.05, 3.63) is 17.7 Å². The van der Waals surface area contributed by atoms with Gasteiger partial charge in [-0.05, 0) is 25.3 Å². The van der Waals surface area contributed by atoms with E-state index in [9.17, 15) is 0 Å². The molecule has 0 aromatic heterocycles. The van der Waals surface area contributed by atoms with Crippen LogP contribution in [0.1, 0.15) is 39.2 Å². The molecule has 0 saturated carbocycles. The first kappa shape index (κ1) is 25.6. The van der Waals surface area contributed by atoms with Crippen molar-refractivity contribution in [2.24, 2.45) is 10.9 Å². The number of rotatable bonds is 11. The number of halogens is 1. The van der Waals surface area contributed by atoms with Crippen LogP contribution in [0.3, 0.4) is 0 Å². The highest BCUT2D eigenvalue weighted by atomic mass is 127. The van der Waals surface area contributed by atoms with E-state index in [1.165, 1.54) is 0 Å². The Morgan fingerprint density at radius 2 is 1.63 bits per heavy atom. The van der Waals surface area contributed by atoms with Gasteiger partial charge >= 0.3 is 0 Å². The lowest BCUT2D eigenvalue weighted by atomic mass is 10.0. The van der Waals surface area contributed by atoms with Crippen LogP contribution in [0, 0.1) is 5.92 Å². The van der Waals surface area contributed by atoms with Gasteiger partial charge in [-0.2, -0.15) is 0 Å². The van der Waals surface area contributed by atoms with E-state index < -0.39 is 0 Å². The maximum absolute atomic E-state index is 5.54. The molecule has 0 radical (unpaired) electrons. The number of ether oxygens (including phenoxy) is 3. The van der Waals surface area contributed by atoms with Crippen LogP contribution in [0.25, 0.3) is 0 Å². The standard InChI is InChI=1S/C20H35N3O3.HI/c1-7-15(8-2)14-23-20(21-9-3)22-13-12-16-10-11-17(24-4)19(26-6)18(16)25-5;/h10-11,15H,7-9,12-14H2,1-6H3,(H2,21,22,23);1H. The Kier molecular flexibility index (Phi) is 13.9. The maximum Gasteiger partial charge on any atom is 0.203 e. The molecule has 1 aromatic carbocycles. The van der Waals surface area contributed by atoms with Crippen molar-refractivity contribution in [3.63, 3.8) is 0 Å². The van der Waals surface area contributed by atoms with Crippen molar-refractivity contribution in [1.82, 2.24) is 10.6 Å². The molecule has 0 spiro atoms. The zero-order chi connectivity index (χ0) is 19.4. The van der Waals surface area contributed by atoms with E-state index in [0.717, 1.165) is 50.4 Å². The lowest BCUT2D eigenvalue weighted by molar-refractivity contribution is 0.322. The van der Waals surface area contributed by atoms with Gasteiger partial charge in [0.25, 0.3) is 0 Å². The molecule has 0 aliphatic heterocycles. The van der Waals surface area contributed by atoms with Crippen molar-refractivity contribution < 1.29 is 14.2 Å². The number of methoxy groups -OCH3 is 3. The molecule has 0 saturated heterocycles. The summed E-state index contributed by atoms with van der Waals surface area (Å²) < 4.78 is 16.3. The highest BCUT2D eigenvalue weighted by Crippen LogP contribution is 2.39. The van der Waals surface area contributed by atoms with Crippen molar-refractivity contribution in [2.75, 3.05) is 41.0 Å². The van der Waals surface area contributed by atoms with Crippen LogP contribution in [0.5, 0.6) is 17.2 Å². The van der Waals surface area contributed by atoms with Crippen LogP contribution in [0.4, 0.5) is 0 Å². The van der Waals surface area contributed by atoms with Crippen molar-refractivity contribution in [1.29, 1.82) is 0 Å². The average molecular weight is 493 g/mol. The summed E-state index contributed by atoms with van der Waals surface area (Å²) in [5.74, 6) is 3.51. The van der Waals surface area contributed by atoms with E-state index in [1.807, 2.05) is 12.1 Å². The molecule has 6 nitrogen and oxygen atoms in total. The summed E-state index contributed by atoms with van der Waals surface area (Å²) in [6.07, 6.45) is 3.10. The van der Waals surface area contributed by atoms with Crippen LogP contribution in [-0.4, -0.2) is 46.9 Å². The molecule has 7 heteroatoms. The molecule has 0 aliphatic carbocycles. The van der Waals surface area contributed by atoms with Gasteiger partial charge in [0.15, 0.2) is 17.5 Å². The molecule has 2 N–H and O–H groups in total. The summed E-state index contributed by atoms with van der Waals surface area (Å²) in [6.45, 7) is 8.95. The molecule has 0 heterocycles. The van der Waals surface area contributed by atoms with Crippen LogP contribution in [0.15, 0.2) is 17.1 Å². The molecule has 156 valence electrons. The molecule has 0 atom stereocenters. The number of nitrogens with one attached hydrogen (secondary N) is 2. The molecule has 0 unspecified atom stereocenters. The van der Waals surface area contributed by atoms with E-state index in [-0.39, 0.29) is 24.0 Å². The van der Waals surface area contributed by atoms with Gasteiger partial charge in [-0.1, -0.05) is 32.8 Å². The fraction of sp³-hybridized carbons (Fsp3) is 0.650. The Bertz CT molecular complexity index is 564. The highest BCUT2D eigenvalue weighted by Gasteiger charge is 2.15. The number of benzene rings is 1. The first-order chi connectivity index (χ1) is 12.6. The second-order valence-electron chi connectivity index (χ2n) is 6.07. The number of nitrogens with zero attached hydrogens (tertiary/aromatic N) is 1. The molecule has 1 aromatic rings. The summed E-state index contributed by atoms with van der Waals surface area (Å²) in [5, 5.41) is 6.71. The molecule has 0 aliphatic rings. The number of guanidine groups is 1. The van der Waals surface area contributed by atoms with Crippen molar-refractivity contribution in [3.8, 4) is 17.2 Å². The predicted octanol–water partition coefficient (Wildman–Crippen LogP) is 3.86. The van der Waals surface area contributed by atoms with Crippen LogP contribution in [0.2, 0.25) is 0 Å². The van der Waals surface area contributed by atoms with E-state index in [1.54, 1.807) is 21.3 Å². The van der Waals surface area contributed by atoms with Crippen LogP contribution >= 0.6 is 24.0 Å². The molecule has 1 rings (SSSR count). The minimum Gasteiger partial charge on any atom is -0.493 e. The summed E-state index contributed by atoms with van der Waals surface area (Å²) in [4.78, 5) is 4.71. The molecule has 27 heavy (non-hydrogen) atoms. The smallest absolute Gasteiger partial charge is 0.203 e. The lowest BCUT2D eigenvalue weighted by Gasteiger charge is -2.17. The van der Waals surface area contributed by atoms with E-state index in [4.69, 9.17) is 19.2 Å². The lowest BCUT2D eigenvalue weighted by Crippen LogP contribution is -2.38. The third kappa shape index (κ3) is 8.02. The first-order valence-corrected chi connectivity index (χ1v) is 9.44. The minimum absolute atomic E-state index is 0. The summed E-state index contributed by atoms with van der Waals surface area (Å²) in [7, 11) is 4.89. The van der Waals surface area contributed by atoms with E-state index >= 15 is 0 Å². The van der Waals surface area contributed by atoms with Gasteiger partial charge in [-0.15, -0.1) is 24.0 Å². The van der Waals surface area contributed by atoms with Gasteiger partial charge in [0.1, 0.15) is 0 Å². The second-order valence-corrected chi connectivity index (χ2v) is 6.07. The number of hydrogen-bond donors (Lipinski definition) is 2. The minimum atomic E-state index is 0. The average Bonchev–Trinajstić information content (AvgIpc) is 2.67. The molecular formula is C20H36IN3O3. The SMILES string of the molecule is CCNC(=NCC(CC)CC)NCCc1ccc(OC)c(OC)c1OC.I. The highest BCUT2D eigenvalue weighted by molar-refractivity contribution is 14.0. The van der Waals surface area contributed by atoms with Gasteiger partial charge in [-0.3, -0.25) is 4.99 Å². The van der Waals surface area contributed by atoms with Gasteiger partial charge < -0.3 is 24.8 Å². The topological polar surface area (TPSA) is 64.1 Å². The summed E-state index contributed by atoms with van der Waals surface area (Å²) in [5.41, 5.74) is 1.06. The first-order valence-electron chi connectivity index (χ1n) is 9.44. The van der Waals surface area contributed by atoms with Gasteiger partial charge in [0, 0.05) is 25.2 Å². The maximum atomic E-state index is 5.54. The molecule has 0 bridgehead atoms. The Morgan fingerprint density at radius 1 is 0.963 bits per heavy atom. The Balaban J connectivity index is 0.00000676. The van der Waals surface area contributed by atoms with Gasteiger partial charge in [-0.25, -0.2) is 0 Å². The zero-order valence-electron chi connectivity index (χ0n) is 17.6. The van der Waals surface area contributed by atoms with Gasteiger partial charge in [0.05, 0.1) is 21.3 Å². The summed E-state index contributed by atoms with van der Waals surface area (Å²) >= 11 is 0. The normalized spacial score (nSPS) is 11.0. The fourth-order valence-corrected chi connectivity index (χ4v) is 2.78. The largest absolute Gasteiger partial charge is 0.493 e. The third-order valence-electron chi connectivity index (χ3n) is 4.48. The quantitative estimate of drug-likeness (QED) is 0.279. The number of hydrogen-bond acceptors (Lipinski definition) is 4. The monoisotopic (exact) mass is 493 g/mol. The Morgan fingerprint density at radius 3 is 2.15 bits per heavy atom. The summed E-state index contributed by atoms with van der Waals surface area (Å²) in [6, 6.07) is 3.92. The van der Waals surface area contributed by atoms with Crippen molar-refractivity contribution >= 4 is 29.9 Å². The fourth-order valence-electron chi connectivity index (χ4n) is 2.78. The second kappa shape index (κ2) is 14.6. The third-order valence-corrected chi connectivity index (χ3v) is 4.48. The molecule has 0 fully saturated rings. The predicted molar refractivity (Wildman–Crippen MR) is 123 cm³/mol. The molecule has 0 amide bonds.